The molecule has 7 nitrogen and oxygen atoms in total. The molecule has 1 aliphatic rings. The molecule has 2 rings (SSSR count). The summed E-state index contributed by atoms with van der Waals surface area (Å²) in [6, 6.07) is 9.76. The molecule has 1 aromatic rings. The highest BCUT2D eigenvalue weighted by Crippen LogP contribution is 2.26. The van der Waals surface area contributed by atoms with E-state index < -0.39 is 37.1 Å². The maximum atomic E-state index is 12.1. The molecule has 0 spiro atoms. The molecule has 0 aliphatic carbocycles. The Kier molecular flexibility index (Phi) is 7.34. The molecule has 140 valence electrons. The average molecular weight is 353 g/mol. The van der Waals surface area contributed by atoms with E-state index in [1.165, 1.54) is 0 Å². The van der Waals surface area contributed by atoms with Crippen LogP contribution in [-0.4, -0.2) is 65.1 Å². The molecule has 7 heteroatoms. The van der Waals surface area contributed by atoms with Gasteiger partial charge in [-0.15, -0.1) is 0 Å². The molecule has 1 amide bonds. The lowest BCUT2D eigenvalue weighted by atomic mass is 9.92. The molecule has 1 saturated heterocycles. The minimum absolute atomic E-state index is 0.0636. The zero-order valence-electron chi connectivity index (χ0n) is 14.5. The Morgan fingerprint density at radius 3 is 2.64 bits per heavy atom. The fourth-order valence-corrected chi connectivity index (χ4v) is 2.98. The van der Waals surface area contributed by atoms with Gasteiger partial charge in [-0.2, -0.15) is 0 Å². The lowest BCUT2D eigenvalue weighted by Crippen LogP contribution is -2.56. The van der Waals surface area contributed by atoms with Crippen molar-refractivity contribution in [3.05, 3.63) is 35.9 Å². The highest BCUT2D eigenvalue weighted by atomic mass is 16.6. The summed E-state index contributed by atoms with van der Waals surface area (Å²) in [5.74, 6) is -0.822. The van der Waals surface area contributed by atoms with Gasteiger partial charge in [0.25, 0.3) is 0 Å². The normalized spacial score (nSPS) is 30.7. The van der Waals surface area contributed by atoms with Gasteiger partial charge in [-0.3, -0.25) is 4.79 Å². The van der Waals surface area contributed by atoms with Crippen LogP contribution >= 0.6 is 0 Å². The van der Waals surface area contributed by atoms with Gasteiger partial charge in [0, 0.05) is 12.0 Å². The van der Waals surface area contributed by atoms with Crippen molar-refractivity contribution in [2.24, 2.45) is 5.92 Å². The molecule has 3 unspecified atom stereocenters. The first kappa shape index (κ1) is 19.8. The minimum Gasteiger partial charge on any atom is -0.394 e. The number of carbonyl (C=O) groups excluding carboxylic acids is 1. The van der Waals surface area contributed by atoms with E-state index in [0.717, 1.165) is 5.56 Å². The standard InChI is InChI=1S/C18H27NO6/c1-11(8-13-6-4-3-5-7-13)19-15(21)10-24-17-12(2)18(23)25-14(9-20)16(17)22/h3-7,11-12,14,16-18,20,22-23H,8-10H2,1-2H3,(H,19,21)/t11-,12?,14?,16+,17+,18?/m0/s1. The van der Waals surface area contributed by atoms with Crippen LogP contribution in [0.4, 0.5) is 0 Å². The molecular formula is C18H27NO6. The van der Waals surface area contributed by atoms with Crippen molar-refractivity contribution in [1.29, 1.82) is 0 Å². The third kappa shape index (κ3) is 5.49. The fraction of sp³-hybridized carbons (Fsp3) is 0.611. The van der Waals surface area contributed by atoms with Crippen molar-refractivity contribution in [3.63, 3.8) is 0 Å². The fourth-order valence-electron chi connectivity index (χ4n) is 2.98. The summed E-state index contributed by atoms with van der Waals surface area (Å²) in [4.78, 5) is 12.1. The molecular weight excluding hydrogens is 326 g/mol. The molecule has 6 atom stereocenters. The summed E-state index contributed by atoms with van der Waals surface area (Å²) in [6.07, 6.45) is -3.30. The Bertz CT molecular complexity index is 540. The predicted octanol–water partition coefficient (Wildman–Crippen LogP) is -0.174. The van der Waals surface area contributed by atoms with Crippen molar-refractivity contribution in [1.82, 2.24) is 5.32 Å². The van der Waals surface area contributed by atoms with Gasteiger partial charge < -0.3 is 30.1 Å². The van der Waals surface area contributed by atoms with E-state index in [9.17, 15) is 20.1 Å². The van der Waals surface area contributed by atoms with Crippen LogP contribution in [0.5, 0.6) is 0 Å². The van der Waals surface area contributed by atoms with Gasteiger partial charge in [-0.05, 0) is 18.9 Å². The summed E-state index contributed by atoms with van der Waals surface area (Å²) in [5, 5.41) is 32.0. The van der Waals surface area contributed by atoms with Crippen LogP contribution in [0.1, 0.15) is 19.4 Å². The van der Waals surface area contributed by atoms with Crippen LogP contribution < -0.4 is 5.32 Å². The van der Waals surface area contributed by atoms with Crippen molar-refractivity contribution >= 4 is 5.91 Å². The number of carbonyl (C=O) groups is 1. The smallest absolute Gasteiger partial charge is 0.246 e. The summed E-state index contributed by atoms with van der Waals surface area (Å²) in [6.45, 7) is 2.88. The predicted molar refractivity (Wildman–Crippen MR) is 90.6 cm³/mol. The number of hydrogen-bond acceptors (Lipinski definition) is 6. The first-order valence-electron chi connectivity index (χ1n) is 8.49. The summed E-state index contributed by atoms with van der Waals surface area (Å²) in [7, 11) is 0. The first-order chi connectivity index (χ1) is 11.9. The number of nitrogens with one attached hydrogen (secondary N) is 1. The second kappa shape index (κ2) is 9.26. The van der Waals surface area contributed by atoms with Crippen LogP contribution in [0.15, 0.2) is 30.3 Å². The van der Waals surface area contributed by atoms with Gasteiger partial charge in [0.2, 0.25) is 5.91 Å². The third-order valence-electron chi connectivity index (χ3n) is 4.38. The van der Waals surface area contributed by atoms with Crippen LogP contribution in [-0.2, 0) is 20.7 Å². The third-order valence-corrected chi connectivity index (χ3v) is 4.38. The average Bonchev–Trinajstić information content (AvgIpc) is 2.58. The largest absolute Gasteiger partial charge is 0.394 e. The summed E-state index contributed by atoms with van der Waals surface area (Å²) < 4.78 is 10.6. The molecule has 1 fully saturated rings. The molecule has 1 heterocycles. The van der Waals surface area contributed by atoms with E-state index in [1.54, 1.807) is 6.92 Å². The van der Waals surface area contributed by atoms with Crippen LogP contribution in [0.25, 0.3) is 0 Å². The van der Waals surface area contributed by atoms with Crippen LogP contribution in [0.3, 0.4) is 0 Å². The van der Waals surface area contributed by atoms with E-state index in [2.05, 4.69) is 5.32 Å². The topological polar surface area (TPSA) is 108 Å². The Balaban J connectivity index is 1.81. The number of aliphatic hydroxyl groups is 3. The number of rotatable bonds is 7. The SMILES string of the molecule is CC1C(O)OC(CO)[C@@H](O)[C@@H]1OCC(=O)N[C@@H](C)Cc1ccccc1. The van der Waals surface area contributed by atoms with Crippen molar-refractivity contribution in [3.8, 4) is 0 Å². The maximum absolute atomic E-state index is 12.1. The molecule has 0 bridgehead atoms. The van der Waals surface area contributed by atoms with E-state index in [4.69, 9.17) is 9.47 Å². The van der Waals surface area contributed by atoms with Crippen molar-refractivity contribution in [2.45, 2.75) is 50.9 Å². The highest BCUT2D eigenvalue weighted by molar-refractivity contribution is 5.77. The summed E-state index contributed by atoms with van der Waals surface area (Å²) in [5.41, 5.74) is 1.12. The van der Waals surface area contributed by atoms with Crippen LogP contribution in [0, 0.1) is 5.92 Å². The van der Waals surface area contributed by atoms with E-state index in [1.807, 2.05) is 37.3 Å². The summed E-state index contributed by atoms with van der Waals surface area (Å²) >= 11 is 0. The molecule has 0 radical (unpaired) electrons. The van der Waals surface area contributed by atoms with Crippen molar-refractivity contribution in [2.75, 3.05) is 13.2 Å². The number of hydrogen-bond donors (Lipinski definition) is 4. The number of amides is 1. The maximum Gasteiger partial charge on any atom is 0.246 e. The minimum atomic E-state index is -1.16. The van der Waals surface area contributed by atoms with E-state index in [0.29, 0.717) is 6.42 Å². The lowest BCUT2D eigenvalue weighted by molar-refractivity contribution is -0.273. The Morgan fingerprint density at radius 1 is 1.32 bits per heavy atom. The second-order valence-corrected chi connectivity index (χ2v) is 6.53. The van der Waals surface area contributed by atoms with E-state index >= 15 is 0 Å². The lowest BCUT2D eigenvalue weighted by Gasteiger charge is -2.40. The number of ether oxygens (including phenoxy) is 2. The highest BCUT2D eigenvalue weighted by Gasteiger charge is 2.43. The molecule has 1 aromatic carbocycles. The van der Waals surface area contributed by atoms with Gasteiger partial charge in [0.1, 0.15) is 18.8 Å². The second-order valence-electron chi connectivity index (χ2n) is 6.53. The van der Waals surface area contributed by atoms with E-state index in [-0.39, 0.29) is 18.6 Å². The Hall–Kier alpha value is -1.51. The molecule has 25 heavy (non-hydrogen) atoms. The zero-order valence-corrected chi connectivity index (χ0v) is 14.5. The Labute approximate surface area is 147 Å². The van der Waals surface area contributed by atoms with Crippen molar-refractivity contribution < 1.29 is 29.6 Å². The van der Waals surface area contributed by atoms with Crippen LogP contribution in [0.2, 0.25) is 0 Å². The zero-order chi connectivity index (χ0) is 18.4. The Morgan fingerprint density at radius 2 is 2.00 bits per heavy atom. The first-order valence-corrected chi connectivity index (χ1v) is 8.49. The quantitative estimate of drug-likeness (QED) is 0.542. The molecule has 4 N–H and O–H groups in total. The monoisotopic (exact) mass is 353 g/mol. The van der Waals surface area contributed by atoms with Gasteiger partial charge in [0.15, 0.2) is 6.29 Å². The molecule has 0 saturated carbocycles. The van der Waals surface area contributed by atoms with Gasteiger partial charge in [0.05, 0.1) is 12.7 Å². The number of benzene rings is 1. The molecule has 0 aromatic heterocycles. The van der Waals surface area contributed by atoms with Gasteiger partial charge >= 0.3 is 0 Å². The number of aliphatic hydroxyl groups excluding tert-OH is 3. The van der Waals surface area contributed by atoms with Gasteiger partial charge in [-0.25, -0.2) is 0 Å². The molecule has 1 aliphatic heterocycles. The van der Waals surface area contributed by atoms with Gasteiger partial charge in [-0.1, -0.05) is 37.3 Å².